The molecule has 18 heavy (non-hydrogen) atoms. The molecule has 1 aliphatic heterocycles. The minimum atomic E-state index is 0.205. The molecular weight excluding hydrogens is 228 g/mol. The Morgan fingerprint density at radius 2 is 2.11 bits per heavy atom. The Morgan fingerprint density at radius 3 is 2.78 bits per heavy atom. The van der Waals surface area contributed by atoms with Gasteiger partial charge in [0.25, 0.3) is 0 Å². The maximum absolute atomic E-state index is 12.3. The molecule has 1 saturated heterocycles. The highest BCUT2D eigenvalue weighted by atomic mass is 16.5. The van der Waals surface area contributed by atoms with Gasteiger partial charge in [0, 0.05) is 25.2 Å². The molecule has 0 bridgehead atoms. The zero-order valence-electron chi connectivity index (χ0n) is 11.1. The van der Waals surface area contributed by atoms with Crippen molar-refractivity contribution in [2.24, 2.45) is 5.92 Å². The van der Waals surface area contributed by atoms with Crippen LogP contribution in [0.3, 0.4) is 0 Å². The topological polar surface area (TPSA) is 52.1 Å². The SMILES string of the molecule is CCc1nnc(C)cc1C(=O)CC1CCOCC1. The first-order valence-electron chi connectivity index (χ1n) is 6.64. The van der Waals surface area contributed by atoms with Gasteiger partial charge in [-0.3, -0.25) is 4.79 Å². The third-order valence-electron chi connectivity index (χ3n) is 3.44. The van der Waals surface area contributed by atoms with Crippen molar-refractivity contribution in [1.82, 2.24) is 10.2 Å². The zero-order chi connectivity index (χ0) is 13.0. The maximum Gasteiger partial charge on any atom is 0.165 e. The quantitative estimate of drug-likeness (QED) is 0.767. The van der Waals surface area contributed by atoms with E-state index < -0.39 is 0 Å². The number of aromatic nitrogens is 2. The number of ketones is 1. The molecule has 1 aromatic rings. The third-order valence-corrected chi connectivity index (χ3v) is 3.44. The summed E-state index contributed by atoms with van der Waals surface area (Å²) >= 11 is 0. The predicted molar refractivity (Wildman–Crippen MR) is 68.6 cm³/mol. The zero-order valence-corrected chi connectivity index (χ0v) is 11.1. The molecule has 4 nitrogen and oxygen atoms in total. The molecule has 1 aromatic heterocycles. The first-order chi connectivity index (χ1) is 8.70. The highest BCUT2D eigenvalue weighted by Gasteiger charge is 2.20. The van der Waals surface area contributed by atoms with Gasteiger partial charge in [0.2, 0.25) is 0 Å². The summed E-state index contributed by atoms with van der Waals surface area (Å²) in [6.07, 6.45) is 3.35. The molecule has 0 amide bonds. The Kier molecular flexibility index (Phi) is 4.42. The Hall–Kier alpha value is -1.29. The first-order valence-corrected chi connectivity index (χ1v) is 6.64. The number of rotatable bonds is 4. The van der Waals surface area contributed by atoms with E-state index in [1.54, 1.807) is 0 Å². The summed E-state index contributed by atoms with van der Waals surface area (Å²) < 4.78 is 5.32. The fraction of sp³-hybridized carbons (Fsp3) is 0.643. The molecule has 0 saturated carbocycles. The summed E-state index contributed by atoms with van der Waals surface area (Å²) in [5, 5.41) is 8.13. The van der Waals surface area contributed by atoms with Crippen LogP contribution in [0.1, 0.15) is 47.9 Å². The molecule has 1 aliphatic rings. The monoisotopic (exact) mass is 248 g/mol. The van der Waals surface area contributed by atoms with Crippen LogP contribution >= 0.6 is 0 Å². The molecular formula is C14H20N2O2. The van der Waals surface area contributed by atoms with Crippen molar-refractivity contribution >= 4 is 5.78 Å². The summed E-state index contributed by atoms with van der Waals surface area (Å²) in [6, 6.07) is 1.87. The number of aryl methyl sites for hydroxylation is 2. The van der Waals surface area contributed by atoms with Crippen molar-refractivity contribution in [2.45, 2.75) is 39.5 Å². The van der Waals surface area contributed by atoms with Crippen molar-refractivity contribution in [1.29, 1.82) is 0 Å². The average molecular weight is 248 g/mol. The molecule has 4 heteroatoms. The van der Waals surface area contributed by atoms with Crippen LogP contribution < -0.4 is 0 Å². The fourth-order valence-corrected chi connectivity index (χ4v) is 2.34. The van der Waals surface area contributed by atoms with Crippen molar-refractivity contribution in [3.63, 3.8) is 0 Å². The Balaban J connectivity index is 2.09. The second-order valence-corrected chi connectivity index (χ2v) is 4.88. The molecule has 2 rings (SSSR count). The van der Waals surface area contributed by atoms with E-state index in [2.05, 4.69) is 10.2 Å². The summed E-state index contributed by atoms with van der Waals surface area (Å²) in [5.74, 6) is 0.668. The van der Waals surface area contributed by atoms with Gasteiger partial charge in [-0.15, -0.1) is 0 Å². The number of carbonyl (C=O) groups excluding carboxylic acids is 1. The summed E-state index contributed by atoms with van der Waals surface area (Å²) in [4.78, 5) is 12.3. The molecule has 0 aliphatic carbocycles. The van der Waals surface area contributed by atoms with E-state index in [0.29, 0.717) is 12.3 Å². The number of nitrogens with zero attached hydrogens (tertiary/aromatic N) is 2. The van der Waals surface area contributed by atoms with E-state index in [1.165, 1.54) is 0 Å². The van der Waals surface area contributed by atoms with Gasteiger partial charge in [-0.2, -0.15) is 10.2 Å². The van der Waals surface area contributed by atoms with Gasteiger partial charge in [0.05, 0.1) is 11.4 Å². The molecule has 98 valence electrons. The van der Waals surface area contributed by atoms with E-state index in [1.807, 2.05) is 19.9 Å². The number of carbonyl (C=O) groups is 1. The standard InChI is InChI=1S/C14H20N2O2/c1-3-13-12(8-10(2)15-16-13)14(17)9-11-4-6-18-7-5-11/h8,11H,3-7,9H2,1-2H3. The molecule has 0 spiro atoms. The molecule has 0 unspecified atom stereocenters. The van der Waals surface area contributed by atoms with Gasteiger partial charge in [-0.1, -0.05) is 6.92 Å². The van der Waals surface area contributed by atoms with Crippen LogP contribution in [-0.4, -0.2) is 29.2 Å². The summed E-state index contributed by atoms with van der Waals surface area (Å²) in [7, 11) is 0. The highest BCUT2D eigenvalue weighted by Crippen LogP contribution is 2.21. The Bertz CT molecular complexity index is 426. The van der Waals surface area contributed by atoms with Crippen LogP contribution in [0.5, 0.6) is 0 Å². The van der Waals surface area contributed by atoms with Crippen LogP contribution in [-0.2, 0) is 11.2 Å². The van der Waals surface area contributed by atoms with Crippen LogP contribution in [0.25, 0.3) is 0 Å². The Labute approximate surface area is 108 Å². The number of ether oxygens (including phenoxy) is 1. The molecule has 0 N–H and O–H groups in total. The average Bonchev–Trinajstić information content (AvgIpc) is 2.40. The van der Waals surface area contributed by atoms with Crippen molar-refractivity contribution in [2.75, 3.05) is 13.2 Å². The maximum atomic E-state index is 12.3. The van der Waals surface area contributed by atoms with E-state index in [-0.39, 0.29) is 5.78 Å². The van der Waals surface area contributed by atoms with E-state index >= 15 is 0 Å². The minimum Gasteiger partial charge on any atom is -0.381 e. The molecule has 0 aromatic carbocycles. The number of hydrogen-bond donors (Lipinski definition) is 0. The van der Waals surface area contributed by atoms with Gasteiger partial charge in [0.1, 0.15) is 0 Å². The lowest BCUT2D eigenvalue weighted by Gasteiger charge is -2.21. The molecule has 1 fully saturated rings. The van der Waals surface area contributed by atoms with Crippen LogP contribution in [0.2, 0.25) is 0 Å². The summed E-state index contributed by atoms with van der Waals surface area (Å²) in [5.41, 5.74) is 2.39. The van der Waals surface area contributed by atoms with Crippen LogP contribution in [0, 0.1) is 12.8 Å². The Morgan fingerprint density at radius 1 is 1.39 bits per heavy atom. The van der Waals surface area contributed by atoms with Crippen molar-refractivity contribution in [3.8, 4) is 0 Å². The van der Waals surface area contributed by atoms with Gasteiger partial charge < -0.3 is 4.74 Å². The van der Waals surface area contributed by atoms with Gasteiger partial charge >= 0.3 is 0 Å². The van der Waals surface area contributed by atoms with E-state index in [9.17, 15) is 4.79 Å². The number of hydrogen-bond acceptors (Lipinski definition) is 4. The lowest BCUT2D eigenvalue weighted by Crippen LogP contribution is -2.19. The van der Waals surface area contributed by atoms with Gasteiger partial charge in [-0.25, -0.2) is 0 Å². The largest absolute Gasteiger partial charge is 0.381 e. The lowest BCUT2D eigenvalue weighted by molar-refractivity contribution is 0.0600. The van der Waals surface area contributed by atoms with Crippen LogP contribution in [0.15, 0.2) is 6.07 Å². The highest BCUT2D eigenvalue weighted by molar-refractivity contribution is 5.97. The first kappa shape index (κ1) is 13.1. The van der Waals surface area contributed by atoms with Gasteiger partial charge in [0.15, 0.2) is 5.78 Å². The number of Topliss-reactive ketones (excluding diaryl/α,β-unsaturated/α-hetero) is 1. The predicted octanol–water partition coefficient (Wildman–Crippen LogP) is 2.35. The van der Waals surface area contributed by atoms with E-state index in [4.69, 9.17) is 4.74 Å². The lowest BCUT2D eigenvalue weighted by atomic mass is 9.91. The van der Waals surface area contributed by atoms with Crippen LogP contribution in [0.4, 0.5) is 0 Å². The minimum absolute atomic E-state index is 0.205. The van der Waals surface area contributed by atoms with Gasteiger partial charge in [-0.05, 0) is 38.2 Å². The normalized spacial score (nSPS) is 16.8. The second-order valence-electron chi connectivity index (χ2n) is 4.88. The van der Waals surface area contributed by atoms with Crippen molar-refractivity contribution < 1.29 is 9.53 Å². The van der Waals surface area contributed by atoms with Crippen molar-refractivity contribution in [3.05, 3.63) is 23.0 Å². The smallest absolute Gasteiger partial charge is 0.165 e. The molecule has 2 heterocycles. The molecule has 0 radical (unpaired) electrons. The summed E-state index contributed by atoms with van der Waals surface area (Å²) in [6.45, 7) is 5.45. The second kappa shape index (κ2) is 6.05. The molecule has 0 atom stereocenters. The van der Waals surface area contributed by atoms with E-state index in [0.717, 1.165) is 49.4 Å². The third kappa shape index (κ3) is 3.13. The fourth-order valence-electron chi connectivity index (χ4n) is 2.34.